The van der Waals surface area contributed by atoms with Gasteiger partial charge in [-0.1, -0.05) is 25.1 Å². The van der Waals surface area contributed by atoms with Crippen LogP contribution in [0, 0.1) is 6.92 Å². The Kier molecular flexibility index (Phi) is 5.84. The highest BCUT2D eigenvalue weighted by Gasteiger charge is 2.10. The van der Waals surface area contributed by atoms with E-state index >= 15 is 0 Å². The van der Waals surface area contributed by atoms with Gasteiger partial charge in [0, 0.05) is 35.8 Å². The van der Waals surface area contributed by atoms with Crippen molar-refractivity contribution in [2.45, 2.75) is 33.2 Å². The molecule has 0 saturated carbocycles. The summed E-state index contributed by atoms with van der Waals surface area (Å²) in [4.78, 5) is 32.9. The quantitative estimate of drug-likeness (QED) is 0.468. The Hall–Kier alpha value is -3.87. The van der Waals surface area contributed by atoms with Gasteiger partial charge in [-0.05, 0) is 36.8 Å². The van der Waals surface area contributed by atoms with Crippen LogP contribution in [0.3, 0.4) is 0 Å². The largest absolute Gasteiger partial charge is 0.352 e. The normalized spacial score (nSPS) is 10.9. The Morgan fingerprint density at radius 3 is 2.74 bits per heavy atom. The van der Waals surface area contributed by atoms with Gasteiger partial charge >= 0.3 is 0 Å². The van der Waals surface area contributed by atoms with Crippen LogP contribution in [0.4, 0.5) is 0 Å². The van der Waals surface area contributed by atoms with Crippen molar-refractivity contribution in [1.82, 2.24) is 25.1 Å². The highest BCUT2D eigenvalue weighted by Crippen LogP contribution is 2.18. The molecule has 0 fully saturated rings. The third-order valence-corrected chi connectivity index (χ3v) is 5.04. The molecule has 0 radical (unpaired) electrons. The van der Waals surface area contributed by atoms with Crippen LogP contribution < -0.4 is 5.32 Å². The molecule has 0 aliphatic heterocycles. The number of Topliss-reactive ketones (excluding diaryl/α,β-unsaturated/α-hetero) is 1. The smallest absolute Gasteiger partial charge is 0.226 e. The van der Waals surface area contributed by atoms with E-state index in [2.05, 4.69) is 20.4 Å². The summed E-state index contributed by atoms with van der Waals surface area (Å²) in [5.74, 6) is -0.0376. The molecule has 4 aromatic rings. The third kappa shape index (κ3) is 4.66. The summed E-state index contributed by atoms with van der Waals surface area (Å²) in [5.41, 5.74) is 4.93. The van der Waals surface area contributed by atoms with Crippen LogP contribution in [0.15, 0.2) is 61.1 Å². The first-order valence-corrected chi connectivity index (χ1v) is 10.2. The van der Waals surface area contributed by atoms with Gasteiger partial charge in [-0.15, -0.1) is 0 Å². The van der Waals surface area contributed by atoms with Gasteiger partial charge in [-0.3, -0.25) is 19.6 Å². The van der Waals surface area contributed by atoms with E-state index in [0.29, 0.717) is 24.2 Å². The Labute approximate surface area is 180 Å². The minimum absolute atomic E-state index is 0.0909. The lowest BCUT2D eigenvalue weighted by atomic mass is 10.1. The molecule has 31 heavy (non-hydrogen) atoms. The molecule has 0 atom stereocenters. The van der Waals surface area contributed by atoms with Gasteiger partial charge in [0.1, 0.15) is 0 Å². The van der Waals surface area contributed by atoms with E-state index in [-0.39, 0.29) is 18.1 Å². The standard InChI is InChI=1S/C24H23N5O2/c1-3-23(30)18-6-4-5-17(10-18)13-27-24(31)12-20-11-19-14-28-29(22(19)15-26-20)21-7-8-25-16(2)9-21/h4-11,14-15H,3,12-13H2,1-2H3,(H,27,31). The van der Waals surface area contributed by atoms with Crippen molar-refractivity contribution in [3.8, 4) is 5.69 Å². The van der Waals surface area contributed by atoms with E-state index in [0.717, 1.165) is 27.8 Å². The minimum atomic E-state index is -0.128. The summed E-state index contributed by atoms with van der Waals surface area (Å²) in [6.07, 6.45) is 5.88. The Balaban J connectivity index is 1.43. The summed E-state index contributed by atoms with van der Waals surface area (Å²) in [6.45, 7) is 4.13. The number of amides is 1. The highest BCUT2D eigenvalue weighted by molar-refractivity contribution is 5.96. The number of nitrogens with zero attached hydrogens (tertiary/aromatic N) is 4. The van der Waals surface area contributed by atoms with Crippen molar-refractivity contribution in [3.63, 3.8) is 0 Å². The molecule has 7 heteroatoms. The molecule has 3 aromatic heterocycles. The van der Waals surface area contributed by atoms with E-state index in [1.165, 1.54) is 0 Å². The molecule has 4 rings (SSSR count). The maximum absolute atomic E-state index is 12.4. The van der Waals surface area contributed by atoms with Crippen LogP contribution in [0.2, 0.25) is 0 Å². The molecular weight excluding hydrogens is 390 g/mol. The van der Waals surface area contributed by atoms with Crippen LogP contribution in [-0.4, -0.2) is 31.4 Å². The second-order valence-corrected chi connectivity index (χ2v) is 7.38. The SMILES string of the molecule is CCC(=O)c1cccc(CNC(=O)Cc2cc3cnn(-c4ccnc(C)c4)c3cn2)c1. The van der Waals surface area contributed by atoms with Gasteiger partial charge in [-0.25, -0.2) is 4.68 Å². The van der Waals surface area contributed by atoms with Gasteiger partial charge in [0.25, 0.3) is 0 Å². The molecule has 0 unspecified atom stereocenters. The summed E-state index contributed by atoms with van der Waals surface area (Å²) < 4.78 is 1.81. The Bertz CT molecular complexity index is 1260. The Morgan fingerprint density at radius 2 is 1.94 bits per heavy atom. The van der Waals surface area contributed by atoms with Crippen LogP contribution in [0.25, 0.3) is 16.6 Å². The highest BCUT2D eigenvalue weighted by atomic mass is 16.1. The third-order valence-electron chi connectivity index (χ3n) is 5.04. The predicted molar refractivity (Wildman–Crippen MR) is 118 cm³/mol. The van der Waals surface area contributed by atoms with Crippen molar-refractivity contribution >= 4 is 22.6 Å². The van der Waals surface area contributed by atoms with Crippen LogP contribution in [0.1, 0.15) is 40.7 Å². The molecule has 3 heterocycles. The molecule has 0 aliphatic carbocycles. The first-order valence-electron chi connectivity index (χ1n) is 10.2. The fraction of sp³-hybridized carbons (Fsp3) is 0.208. The number of benzene rings is 1. The van der Waals surface area contributed by atoms with Gasteiger partial charge in [0.15, 0.2) is 5.78 Å². The first-order chi connectivity index (χ1) is 15.0. The molecule has 156 valence electrons. The summed E-state index contributed by atoms with van der Waals surface area (Å²) >= 11 is 0. The molecule has 0 bridgehead atoms. The average molecular weight is 413 g/mol. The first kappa shape index (κ1) is 20.4. The number of rotatable bonds is 7. The fourth-order valence-corrected chi connectivity index (χ4v) is 3.42. The number of aryl methyl sites for hydroxylation is 1. The lowest BCUT2D eigenvalue weighted by Gasteiger charge is -2.07. The molecule has 1 N–H and O–H groups in total. The summed E-state index contributed by atoms with van der Waals surface area (Å²) in [7, 11) is 0. The lowest BCUT2D eigenvalue weighted by molar-refractivity contribution is -0.120. The molecule has 0 saturated heterocycles. The number of pyridine rings is 2. The van der Waals surface area contributed by atoms with E-state index in [1.54, 1.807) is 24.7 Å². The number of nitrogens with one attached hydrogen (secondary N) is 1. The zero-order chi connectivity index (χ0) is 21.8. The van der Waals surface area contributed by atoms with E-state index < -0.39 is 0 Å². The fourth-order valence-electron chi connectivity index (χ4n) is 3.42. The van der Waals surface area contributed by atoms with Gasteiger partial charge < -0.3 is 5.32 Å². The van der Waals surface area contributed by atoms with Gasteiger partial charge in [0.2, 0.25) is 5.91 Å². The van der Waals surface area contributed by atoms with Crippen molar-refractivity contribution in [2.24, 2.45) is 0 Å². The van der Waals surface area contributed by atoms with Crippen molar-refractivity contribution in [1.29, 1.82) is 0 Å². The van der Waals surface area contributed by atoms with E-state index in [1.807, 2.05) is 54.9 Å². The number of carbonyl (C=O) groups excluding carboxylic acids is 2. The van der Waals surface area contributed by atoms with Crippen molar-refractivity contribution in [2.75, 3.05) is 0 Å². The number of aromatic nitrogens is 4. The maximum Gasteiger partial charge on any atom is 0.226 e. The zero-order valence-corrected chi connectivity index (χ0v) is 17.5. The van der Waals surface area contributed by atoms with Crippen molar-refractivity contribution in [3.05, 3.63) is 83.6 Å². The molecule has 0 spiro atoms. The second-order valence-electron chi connectivity index (χ2n) is 7.38. The van der Waals surface area contributed by atoms with Crippen LogP contribution in [0.5, 0.6) is 0 Å². The molecule has 1 amide bonds. The Morgan fingerprint density at radius 1 is 1.06 bits per heavy atom. The van der Waals surface area contributed by atoms with Gasteiger partial charge in [0.05, 0.1) is 35.7 Å². The number of ketones is 1. The minimum Gasteiger partial charge on any atom is -0.352 e. The van der Waals surface area contributed by atoms with E-state index in [9.17, 15) is 9.59 Å². The number of carbonyl (C=O) groups is 2. The number of hydrogen-bond acceptors (Lipinski definition) is 5. The second kappa shape index (κ2) is 8.87. The van der Waals surface area contributed by atoms with Crippen LogP contribution >= 0.6 is 0 Å². The lowest BCUT2D eigenvalue weighted by Crippen LogP contribution is -2.25. The predicted octanol–water partition coefficient (Wildman–Crippen LogP) is 3.58. The van der Waals surface area contributed by atoms with Crippen LogP contribution in [-0.2, 0) is 17.8 Å². The zero-order valence-electron chi connectivity index (χ0n) is 17.5. The number of fused-ring (bicyclic) bond motifs is 1. The number of hydrogen-bond donors (Lipinski definition) is 1. The van der Waals surface area contributed by atoms with Crippen molar-refractivity contribution < 1.29 is 9.59 Å². The van der Waals surface area contributed by atoms with Gasteiger partial charge in [-0.2, -0.15) is 5.10 Å². The molecule has 7 nitrogen and oxygen atoms in total. The summed E-state index contributed by atoms with van der Waals surface area (Å²) in [6, 6.07) is 13.1. The van der Waals surface area contributed by atoms with E-state index in [4.69, 9.17) is 0 Å². The average Bonchev–Trinajstić information content (AvgIpc) is 3.20. The topological polar surface area (TPSA) is 89.8 Å². The maximum atomic E-state index is 12.4. The molecule has 0 aliphatic rings. The molecular formula is C24H23N5O2. The summed E-state index contributed by atoms with van der Waals surface area (Å²) in [5, 5.41) is 8.27. The monoisotopic (exact) mass is 413 g/mol. The molecule has 1 aromatic carbocycles.